The van der Waals surface area contributed by atoms with E-state index in [0.29, 0.717) is 22.9 Å². The van der Waals surface area contributed by atoms with Crippen LogP contribution in [0.5, 0.6) is 17.2 Å². The van der Waals surface area contributed by atoms with E-state index in [9.17, 15) is 22.7 Å². The highest BCUT2D eigenvalue weighted by Crippen LogP contribution is 2.43. The van der Waals surface area contributed by atoms with Gasteiger partial charge in [0.05, 0.1) is 18.0 Å². The summed E-state index contributed by atoms with van der Waals surface area (Å²) in [6.07, 6.45) is 1.54. The number of anilines is 1. The number of rotatable bonds is 8. The van der Waals surface area contributed by atoms with Crippen LogP contribution in [0.2, 0.25) is 0 Å². The smallest absolute Gasteiger partial charge is 0.254 e. The van der Waals surface area contributed by atoms with Crippen molar-refractivity contribution in [1.82, 2.24) is 4.57 Å². The highest BCUT2D eigenvalue weighted by atomic mass is 32.3. The topological polar surface area (TPSA) is 93.0 Å². The van der Waals surface area contributed by atoms with Crippen LogP contribution in [0, 0.1) is 11.6 Å². The van der Waals surface area contributed by atoms with Gasteiger partial charge in [0, 0.05) is 36.5 Å². The summed E-state index contributed by atoms with van der Waals surface area (Å²) in [6.45, 7) is 3.68. The minimum Gasteiger partial charge on any atom is -0.493 e. The van der Waals surface area contributed by atoms with Crippen LogP contribution in [0.1, 0.15) is 13.8 Å². The van der Waals surface area contributed by atoms with Crippen LogP contribution >= 0.6 is 10.8 Å². The van der Waals surface area contributed by atoms with E-state index in [4.69, 9.17) is 9.47 Å². The predicted molar refractivity (Wildman–Crippen MR) is 122 cm³/mol. The molecule has 0 amide bonds. The van der Waals surface area contributed by atoms with E-state index >= 15 is 0 Å². The van der Waals surface area contributed by atoms with Gasteiger partial charge in [-0.1, -0.05) is 0 Å². The lowest BCUT2D eigenvalue weighted by Gasteiger charge is -2.32. The molecule has 2 aromatic carbocycles. The number of aromatic nitrogens is 1. The zero-order valence-electron chi connectivity index (χ0n) is 17.8. The lowest BCUT2D eigenvalue weighted by atomic mass is 10.0. The summed E-state index contributed by atoms with van der Waals surface area (Å²) in [5.74, 6) is -1.27. The molecule has 3 rings (SSSR count). The molecule has 0 aliphatic rings. The summed E-state index contributed by atoms with van der Waals surface area (Å²) in [4.78, 5) is 12.1. The first-order chi connectivity index (χ1) is 15.1. The fourth-order valence-corrected chi connectivity index (χ4v) is 3.57. The lowest BCUT2D eigenvalue weighted by Crippen LogP contribution is -2.16. The van der Waals surface area contributed by atoms with Gasteiger partial charge in [0.2, 0.25) is 0 Å². The molecule has 7 nitrogen and oxygen atoms in total. The van der Waals surface area contributed by atoms with Crippen molar-refractivity contribution in [2.45, 2.75) is 13.8 Å². The molecule has 0 aliphatic heterocycles. The standard InChI is InChI=1S/C22H24F2N2O5S/c1-4-30-21-12-22(27)26(3)13-17(21)16-11-15(25-32(28,29)5-2)7-9-19(16)31-20-8-6-14(23)10-18(20)24/h6-13,25,28-29H,4-5H2,1-3H3. The molecular weight excluding hydrogens is 442 g/mol. The van der Waals surface area contributed by atoms with Crippen molar-refractivity contribution in [3.63, 3.8) is 0 Å². The molecule has 0 spiro atoms. The first-order valence-electron chi connectivity index (χ1n) is 9.78. The molecule has 32 heavy (non-hydrogen) atoms. The molecule has 0 unspecified atom stereocenters. The van der Waals surface area contributed by atoms with E-state index in [1.54, 1.807) is 27.0 Å². The van der Waals surface area contributed by atoms with Gasteiger partial charge in [-0.2, -0.15) is 0 Å². The molecule has 0 atom stereocenters. The van der Waals surface area contributed by atoms with Crippen LogP contribution in [-0.2, 0) is 7.05 Å². The number of nitrogens with one attached hydrogen (secondary N) is 1. The van der Waals surface area contributed by atoms with Crippen LogP contribution in [0.15, 0.2) is 53.5 Å². The zero-order valence-corrected chi connectivity index (χ0v) is 18.6. The maximum atomic E-state index is 14.2. The van der Waals surface area contributed by atoms with Crippen molar-refractivity contribution >= 4 is 16.5 Å². The number of halogens is 2. The molecule has 1 aromatic heterocycles. The van der Waals surface area contributed by atoms with Gasteiger partial charge >= 0.3 is 0 Å². The summed E-state index contributed by atoms with van der Waals surface area (Å²) >= 11 is 0. The van der Waals surface area contributed by atoms with Gasteiger partial charge in [0.25, 0.3) is 5.56 Å². The van der Waals surface area contributed by atoms with Gasteiger partial charge in [-0.25, -0.2) is 8.78 Å². The van der Waals surface area contributed by atoms with Crippen molar-refractivity contribution in [3.8, 4) is 28.4 Å². The third-order valence-corrected chi connectivity index (χ3v) is 5.93. The van der Waals surface area contributed by atoms with Crippen molar-refractivity contribution in [3.05, 3.63) is 70.6 Å². The second-order valence-electron chi connectivity index (χ2n) is 6.88. The van der Waals surface area contributed by atoms with Gasteiger partial charge in [-0.05, 0) is 44.2 Å². The summed E-state index contributed by atoms with van der Waals surface area (Å²) in [5, 5.41) is 0. The van der Waals surface area contributed by atoms with Gasteiger partial charge in [0.1, 0.15) is 17.3 Å². The fraction of sp³-hybridized carbons (Fsp3) is 0.227. The maximum absolute atomic E-state index is 14.2. The Hall–Kier alpha value is -3.08. The van der Waals surface area contributed by atoms with Crippen LogP contribution in [0.4, 0.5) is 14.5 Å². The Morgan fingerprint density at radius 2 is 1.72 bits per heavy atom. The summed E-state index contributed by atoms with van der Waals surface area (Å²) in [6, 6.07) is 8.88. The van der Waals surface area contributed by atoms with Gasteiger partial charge in [-0.15, -0.1) is 10.8 Å². The number of pyridine rings is 1. The summed E-state index contributed by atoms with van der Waals surface area (Å²) < 4.78 is 63.0. The highest BCUT2D eigenvalue weighted by Gasteiger charge is 2.18. The van der Waals surface area contributed by atoms with Crippen LogP contribution < -0.4 is 19.8 Å². The molecule has 3 aromatic rings. The number of hydrogen-bond donors (Lipinski definition) is 3. The zero-order chi connectivity index (χ0) is 23.5. The van der Waals surface area contributed by atoms with Gasteiger partial charge in [0.15, 0.2) is 11.6 Å². The largest absolute Gasteiger partial charge is 0.493 e. The third kappa shape index (κ3) is 5.39. The van der Waals surface area contributed by atoms with Crippen molar-refractivity contribution < 1.29 is 27.4 Å². The average Bonchev–Trinajstić information content (AvgIpc) is 2.73. The molecule has 172 valence electrons. The molecule has 1 heterocycles. The van der Waals surface area contributed by atoms with E-state index in [0.717, 1.165) is 6.07 Å². The Labute approximate surface area is 185 Å². The number of aryl methyl sites for hydroxylation is 1. The van der Waals surface area contributed by atoms with E-state index in [1.165, 1.54) is 35.0 Å². The highest BCUT2D eigenvalue weighted by molar-refractivity contribution is 8.25. The van der Waals surface area contributed by atoms with E-state index in [2.05, 4.69) is 4.72 Å². The third-order valence-electron chi connectivity index (χ3n) is 4.56. The van der Waals surface area contributed by atoms with Crippen molar-refractivity contribution in [1.29, 1.82) is 0 Å². The number of ether oxygens (including phenoxy) is 2. The normalized spacial score (nSPS) is 11.8. The number of benzene rings is 2. The van der Waals surface area contributed by atoms with Gasteiger partial charge < -0.3 is 14.0 Å². The van der Waals surface area contributed by atoms with Crippen LogP contribution in [0.3, 0.4) is 0 Å². The minimum absolute atomic E-state index is 0.0887. The Balaban J connectivity index is 2.18. The molecule has 0 aliphatic carbocycles. The van der Waals surface area contributed by atoms with Crippen molar-refractivity contribution in [2.75, 3.05) is 17.1 Å². The van der Waals surface area contributed by atoms with Gasteiger partial charge in [-0.3, -0.25) is 18.6 Å². The molecule has 0 fully saturated rings. The summed E-state index contributed by atoms with van der Waals surface area (Å²) in [7, 11) is -1.50. The molecule has 0 saturated carbocycles. The number of nitrogens with zero attached hydrogens (tertiary/aromatic N) is 1. The average molecular weight is 467 g/mol. The first-order valence-corrected chi connectivity index (χ1v) is 11.5. The first kappa shape index (κ1) is 23.6. The van der Waals surface area contributed by atoms with Crippen LogP contribution in [-0.4, -0.2) is 26.0 Å². The Bertz CT molecular complexity index is 1180. The molecule has 3 N–H and O–H groups in total. The maximum Gasteiger partial charge on any atom is 0.254 e. The second-order valence-corrected chi connectivity index (χ2v) is 8.99. The van der Waals surface area contributed by atoms with E-state index in [1.807, 2.05) is 0 Å². The molecule has 0 bridgehead atoms. The summed E-state index contributed by atoms with van der Waals surface area (Å²) in [5.41, 5.74) is 0.927. The Morgan fingerprint density at radius 1 is 1.00 bits per heavy atom. The predicted octanol–water partition coefficient (Wildman–Crippen LogP) is 5.62. The quantitative estimate of drug-likeness (QED) is 0.399. The number of hydrogen-bond acceptors (Lipinski definition) is 6. The Kier molecular flexibility index (Phi) is 7.07. The van der Waals surface area contributed by atoms with Crippen LogP contribution in [0.25, 0.3) is 11.1 Å². The molecular formula is C22H24F2N2O5S. The SMILES string of the molecule is CCOc1cc(=O)n(C)cc1-c1cc(NS(O)(O)CC)ccc1Oc1ccc(F)cc1F. The second kappa shape index (κ2) is 9.60. The molecule has 10 heteroatoms. The minimum atomic E-state index is -3.07. The van der Waals surface area contributed by atoms with E-state index < -0.39 is 22.4 Å². The lowest BCUT2D eigenvalue weighted by molar-refractivity contribution is 0.340. The van der Waals surface area contributed by atoms with Crippen molar-refractivity contribution in [2.24, 2.45) is 7.05 Å². The Morgan fingerprint density at radius 3 is 2.38 bits per heavy atom. The molecule has 0 saturated heterocycles. The fourth-order valence-electron chi connectivity index (χ4n) is 2.92. The monoisotopic (exact) mass is 466 g/mol. The molecule has 0 radical (unpaired) electrons. The van der Waals surface area contributed by atoms with E-state index in [-0.39, 0.29) is 35.2 Å².